The van der Waals surface area contributed by atoms with Crippen LogP contribution in [0.1, 0.15) is 0 Å². The summed E-state index contributed by atoms with van der Waals surface area (Å²) in [6.45, 7) is 0. The zero-order chi connectivity index (χ0) is 8.39. The second-order valence-electron chi connectivity index (χ2n) is 2.30. The predicted molar refractivity (Wildman–Crippen MR) is 49.4 cm³/mol. The van der Waals surface area contributed by atoms with Gasteiger partial charge in [0.25, 0.3) is 0 Å². The van der Waals surface area contributed by atoms with Crippen LogP contribution in [0.3, 0.4) is 0 Å². The van der Waals surface area contributed by atoms with Crippen molar-refractivity contribution in [3.63, 3.8) is 0 Å². The number of nitrogens with zero attached hydrogens (tertiary/aromatic N) is 2. The Kier molecular flexibility index (Phi) is 2.26. The monoisotopic (exact) mass is 244 g/mol. The van der Waals surface area contributed by atoms with E-state index in [1.807, 2.05) is 24.3 Å². The van der Waals surface area contributed by atoms with Crippen molar-refractivity contribution in [1.82, 2.24) is 9.19 Å². The van der Waals surface area contributed by atoms with Crippen LogP contribution >= 0.6 is 11.6 Å². The van der Waals surface area contributed by atoms with Gasteiger partial charge in [0, 0.05) is 0 Å². The second kappa shape index (κ2) is 3.40. The molecule has 2 aromatic rings. The van der Waals surface area contributed by atoms with Gasteiger partial charge in [-0.25, -0.2) is 0 Å². The number of benzene rings is 1. The van der Waals surface area contributed by atoms with Crippen LogP contribution in [-0.2, 0) is 0 Å². The van der Waals surface area contributed by atoms with Crippen molar-refractivity contribution in [1.29, 1.82) is 0 Å². The molecule has 0 aliphatic rings. The zero-order valence-electron chi connectivity index (χ0n) is 6.07. The minimum atomic E-state index is 0.203. The van der Waals surface area contributed by atoms with E-state index >= 15 is 0 Å². The first-order valence-electron chi connectivity index (χ1n) is 3.39. The van der Waals surface area contributed by atoms with E-state index in [0.29, 0.717) is 0 Å². The molecule has 1 heterocycles. The molecule has 2 rings (SSSR count). The summed E-state index contributed by atoms with van der Waals surface area (Å²) in [4.78, 5) is 2.05. The van der Waals surface area contributed by atoms with Gasteiger partial charge in [0.15, 0.2) is 0 Å². The molecule has 1 aromatic carbocycles. The summed E-state index contributed by atoms with van der Waals surface area (Å²) in [5, 5.41) is 4.76. The molecule has 0 bridgehead atoms. The number of hydrogen-bond acceptors (Lipinski definition) is 2. The molecule has 0 unspecified atom stereocenters. The summed E-state index contributed by atoms with van der Waals surface area (Å²) in [5.74, 6) is 0. The van der Waals surface area contributed by atoms with Crippen LogP contribution in [-0.4, -0.2) is 23.9 Å². The van der Waals surface area contributed by atoms with Gasteiger partial charge < -0.3 is 0 Å². The molecular formula is C8H5ClN2Se. The normalized spacial score (nSPS) is 10.1. The van der Waals surface area contributed by atoms with Crippen LogP contribution in [0.2, 0.25) is 5.02 Å². The van der Waals surface area contributed by atoms with Gasteiger partial charge in [-0.15, -0.1) is 0 Å². The Morgan fingerprint density at radius 3 is 2.50 bits per heavy atom. The Morgan fingerprint density at radius 2 is 1.92 bits per heavy atom. The molecule has 4 heteroatoms. The van der Waals surface area contributed by atoms with E-state index in [-0.39, 0.29) is 14.7 Å². The van der Waals surface area contributed by atoms with Gasteiger partial charge in [0.1, 0.15) is 0 Å². The fourth-order valence-corrected chi connectivity index (χ4v) is 2.01. The summed E-state index contributed by atoms with van der Waals surface area (Å²) >= 11 is 5.95. The summed E-state index contributed by atoms with van der Waals surface area (Å²) < 4.78 is 3.93. The SMILES string of the molecule is Clc1ccc(-c2c[se]nn2)cc1. The maximum atomic E-state index is 5.75. The molecule has 0 atom stereocenters. The second-order valence-corrected chi connectivity index (χ2v) is 4.01. The number of halogens is 1. The Morgan fingerprint density at radius 1 is 1.17 bits per heavy atom. The molecule has 1 aromatic heterocycles. The summed E-state index contributed by atoms with van der Waals surface area (Å²) in [6.07, 6.45) is 0. The predicted octanol–water partition coefficient (Wildman–Crippen LogP) is 1.85. The fourth-order valence-electron chi connectivity index (χ4n) is 0.911. The fraction of sp³-hybridized carbons (Fsp3) is 0. The van der Waals surface area contributed by atoms with Crippen LogP contribution in [0.4, 0.5) is 0 Å². The topological polar surface area (TPSA) is 25.8 Å². The van der Waals surface area contributed by atoms with Gasteiger partial charge in [-0.1, -0.05) is 0 Å². The van der Waals surface area contributed by atoms with Crippen molar-refractivity contribution in [2.75, 3.05) is 0 Å². The minimum absolute atomic E-state index is 0.203. The molecule has 0 radical (unpaired) electrons. The van der Waals surface area contributed by atoms with Crippen molar-refractivity contribution in [2.45, 2.75) is 0 Å². The van der Waals surface area contributed by atoms with Crippen molar-refractivity contribution >= 4 is 26.3 Å². The molecule has 0 saturated carbocycles. The van der Waals surface area contributed by atoms with Gasteiger partial charge in [0.05, 0.1) is 0 Å². The number of hydrogen-bond donors (Lipinski definition) is 0. The van der Waals surface area contributed by atoms with Crippen molar-refractivity contribution in [3.8, 4) is 11.3 Å². The first-order valence-corrected chi connectivity index (χ1v) is 5.52. The maximum absolute atomic E-state index is 5.75. The third-order valence-corrected chi connectivity index (χ3v) is 2.81. The van der Waals surface area contributed by atoms with E-state index in [1.54, 1.807) is 0 Å². The Bertz CT molecular complexity index is 355. The third-order valence-electron chi connectivity index (χ3n) is 1.50. The van der Waals surface area contributed by atoms with Crippen molar-refractivity contribution in [3.05, 3.63) is 34.2 Å². The van der Waals surface area contributed by atoms with Crippen LogP contribution in [0, 0.1) is 0 Å². The molecule has 0 aliphatic carbocycles. The van der Waals surface area contributed by atoms with E-state index in [1.165, 1.54) is 0 Å². The van der Waals surface area contributed by atoms with E-state index in [0.717, 1.165) is 16.3 Å². The molecule has 60 valence electrons. The Labute approximate surface area is 81.2 Å². The average Bonchev–Trinajstić information content (AvgIpc) is 2.58. The zero-order valence-corrected chi connectivity index (χ0v) is 8.54. The Hall–Kier alpha value is -0.631. The van der Waals surface area contributed by atoms with Gasteiger partial charge in [-0.3, -0.25) is 0 Å². The van der Waals surface area contributed by atoms with E-state index in [9.17, 15) is 0 Å². The van der Waals surface area contributed by atoms with Crippen LogP contribution in [0.5, 0.6) is 0 Å². The molecule has 0 N–H and O–H groups in total. The first kappa shape index (κ1) is 7.99. The number of rotatable bonds is 1. The van der Waals surface area contributed by atoms with Gasteiger partial charge in [-0.2, -0.15) is 0 Å². The van der Waals surface area contributed by atoms with E-state index < -0.39 is 0 Å². The first-order chi connectivity index (χ1) is 5.86. The molecular weight excluding hydrogens is 239 g/mol. The molecule has 0 saturated heterocycles. The summed E-state index contributed by atoms with van der Waals surface area (Å²) in [7, 11) is 0. The molecule has 2 nitrogen and oxygen atoms in total. The average molecular weight is 244 g/mol. The van der Waals surface area contributed by atoms with Gasteiger partial charge >= 0.3 is 81.0 Å². The standard InChI is InChI=1S/C8H5ClN2Se/c9-7-3-1-6(2-4-7)8-5-12-11-10-8/h1-5H. The third kappa shape index (κ3) is 1.58. The van der Waals surface area contributed by atoms with Crippen LogP contribution < -0.4 is 0 Å². The Balaban J connectivity index is 2.43. The molecule has 0 spiro atoms. The molecule has 0 fully saturated rings. The van der Waals surface area contributed by atoms with Gasteiger partial charge in [-0.05, 0) is 0 Å². The molecule has 12 heavy (non-hydrogen) atoms. The van der Waals surface area contributed by atoms with Crippen LogP contribution in [0.15, 0.2) is 29.2 Å². The van der Waals surface area contributed by atoms with E-state index in [2.05, 4.69) is 14.1 Å². The van der Waals surface area contributed by atoms with Crippen molar-refractivity contribution < 1.29 is 0 Å². The van der Waals surface area contributed by atoms with E-state index in [4.69, 9.17) is 11.6 Å². The van der Waals surface area contributed by atoms with Gasteiger partial charge in [0.2, 0.25) is 0 Å². The number of aromatic nitrogens is 2. The van der Waals surface area contributed by atoms with Crippen molar-refractivity contribution in [2.24, 2.45) is 0 Å². The summed E-state index contributed by atoms with van der Waals surface area (Å²) in [6, 6.07) is 7.63. The summed E-state index contributed by atoms with van der Waals surface area (Å²) in [5.41, 5.74) is 2.05. The quantitative estimate of drug-likeness (QED) is 0.715. The van der Waals surface area contributed by atoms with Crippen LogP contribution in [0.25, 0.3) is 11.3 Å². The molecule has 0 amide bonds. The molecule has 0 aliphatic heterocycles.